The summed E-state index contributed by atoms with van der Waals surface area (Å²) in [6, 6.07) is 9.65. The van der Waals surface area contributed by atoms with Crippen LogP contribution in [0, 0.1) is 0 Å². The summed E-state index contributed by atoms with van der Waals surface area (Å²) >= 11 is 0. The Morgan fingerprint density at radius 2 is 1.88 bits per heavy atom. The minimum atomic E-state index is -0.118. The van der Waals surface area contributed by atoms with Crippen LogP contribution in [0.2, 0.25) is 0 Å². The van der Waals surface area contributed by atoms with Gasteiger partial charge in [0.2, 0.25) is 0 Å². The number of aliphatic hydroxyl groups excluding tert-OH is 1. The van der Waals surface area contributed by atoms with Crippen LogP contribution < -0.4 is 5.32 Å². The first-order chi connectivity index (χ1) is 8.33. The number of rotatable bonds is 2. The molecule has 0 amide bonds. The molecule has 0 spiro atoms. The number of hydrogen-bond donors (Lipinski definition) is 2. The standard InChI is InChI=1S/C15H21NO/c17-15-7-3-6-14(15)16-13-9-8-11-4-1-2-5-12(11)10-13/h1-2,4-5,13-17H,3,6-10H2. The Kier molecular flexibility index (Phi) is 3.17. The van der Waals surface area contributed by atoms with E-state index in [-0.39, 0.29) is 6.10 Å². The van der Waals surface area contributed by atoms with Crippen LogP contribution in [0.5, 0.6) is 0 Å². The Hall–Kier alpha value is -0.860. The van der Waals surface area contributed by atoms with Gasteiger partial charge < -0.3 is 10.4 Å². The van der Waals surface area contributed by atoms with Crippen LogP contribution in [-0.2, 0) is 12.8 Å². The predicted molar refractivity (Wildman–Crippen MR) is 69.0 cm³/mol. The maximum atomic E-state index is 9.85. The highest BCUT2D eigenvalue weighted by Gasteiger charge is 2.28. The summed E-state index contributed by atoms with van der Waals surface area (Å²) in [7, 11) is 0. The van der Waals surface area contributed by atoms with Gasteiger partial charge in [-0.2, -0.15) is 0 Å². The van der Waals surface area contributed by atoms with E-state index < -0.39 is 0 Å². The first-order valence-electron chi connectivity index (χ1n) is 6.84. The van der Waals surface area contributed by atoms with Gasteiger partial charge in [0.15, 0.2) is 0 Å². The highest BCUT2D eigenvalue weighted by Crippen LogP contribution is 2.24. The lowest BCUT2D eigenvalue weighted by atomic mass is 9.88. The Labute approximate surface area is 103 Å². The van der Waals surface area contributed by atoms with Crippen LogP contribution in [-0.4, -0.2) is 23.3 Å². The summed E-state index contributed by atoms with van der Waals surface area (Å²) in [4.78, 5) is 0. The predicted octanol–water partition coefficient (Wildman–Crippen LogP) is 2.05. The van der Waals surface area contributed by atoms with Crippen molar-refractivity contribution in [1.82, 2.24) is 5.32 Å². The van der Waals surface area contributed by atoms with E-state index in [1.807, 2.05) is 0 Å². The molecule has 3 rings (SSSR count). The van der Waals surface area contributed by atoms with Gasteiger partial charge in [0.05, 0.1) is 6.10 Å². The number of nitrogens with one attached hydrogen (secondary N) is 1. The van der Waals surface area contributed by atoms with Crippen molar-refractivity contribution in [2.75, 3.05) is 0 Å². The third-order valence-corrected chi connectivity index (χ3v) is 4.28. The molecule has 2 heteroatoms. The van der Waals surface area contributed by atoms with Crippen LogP contribution >= 0.6 is 0 Å². The molecule has 92 valence electrons. The van der Waals surface area contributed by atoms with Gasteiger partial charge in [-0.25, -0.2) is 0 Å². The fourth-order valence-electron chi connectivity index (χ4n) is 3.28. The topological polar surface area (TPSA) is 32.3 Å². The Balaban J connectivity index is 1.64. The van der Waals surface area contributed by atoms with Crippen molar-refractivity contribution in [3.05, 3.63) is 35.4 Å². The van der Waals surface area contributed by atoms with E-state index in [2.05, 4.69) is 29.6 Å². The van der Waals surface area contributed by atoms with E-state index in [9.17, 15) is 5.11 Å². The molecule has 1 fully saturated rings. The largest absolute Gasteiger partial charge is 0.392 e. The van der Waals surface area contributed by atoms with Gasteiger partial charge in [-0.05, 0) is 49.7 Å². The Morgan fingerprint density at radius 3 is 2.65 bits per heavy atom. The van der Waals surface area contributed by atoms with Crippen LogP contribution in [0.4, 0.5) is 0 Å². The lowest BCUT2D eigenvalue weighted by Gasteiger charge is -2.29. The SMILES string of the molecule is OC1CCCC1NC1CCc2ccccc2C1. The molecule has 1 aromatic carbocycles. The van der Waals surface area contributed by atoms with Crippen LogP contribution in [0.15, 0.2) is 24.3 Å². The highest BCUT2D eigenvalue weighted by atomic mass is 16.3. The summed E-state index contributed by atoms with van der Waals surface area (Å²) in [6.07, 6.45) is 6.67. The van der Waals surface area contributed by atoms with Gasteiger partial charge in [0, 0.05) is 12.1 Å². The smallest absolute Gasteiger partial charge is 0.0693 e. The molecule has 3 unspecified atom stereocenters. The first kappa shape index (κ1) is 11.2. The Morgan fingerprint density at radius 1 is 1.06 bits per heavy atom. The van der Waals surface area contributed by atoms with Crippen molar-refractivity contribution in [3.63, 3.8) is 0 Å². The van der Waals surface area contributed by atoms with Gasteiger partial charge in [-0.3, -0.25) is 0 Å². The summed E-state index contributed by atoms with van der Waals surface area (Å²) < 4.78 is 0. The third-order valence-electron chi connectivity index (χ3n) is 4.28. The first-order valence-corrected chi connectivity index (χ1v) is 6.84. The minimum absolute atomic E-state index is 0.118. The fourth-order valence-corrected chi connectivity index (χ4v) is 3.28. The van der Waals surface area contributed by atoms with E-state index in [4.69, 9.17) is 0 Å². The molecule has 17 heavy (non-hydrogen) atoms. The molecule has 2 aliphatic rings. The van der Waals surface area contributed by atoms with Crippen LogP contribution in [0.3, 0.4) is 0 Å². The molecular formula is C15H21NO. The van der Waals surface area contributed by atoms with Gasteiger partial charge in [-0.15, -0.1) is 0 Å². The lowest BCUT2D eigenvalue weighted by molar-refractivity contribution is 0.141. The monoisotopic (exact) mass is 231 g/mol. The number of aliphatic hydroxyl groups is 1. The summed E-state index contributed by atoms with van der Waals surface area (Å²) in [6.45, 7) is 0. The number of benzene rings is 1. The second-order valence-corrected chi connectivity index (χ2v) is 5.48. The van der Waals surface area contributed by atoms with Gasteiger partial charge in [0.25, 0.3) is 0 Å². The maximum Gasteiger partial charge on any atom is 0.0693 e. The maximum absolute atomic E-state index is 9.85. The summed E-state index contributed by atoms with van der Waals surface area (Å²) in [5.41, 5.74) is 3.00. The van der Waals surface area contributed by atoms with Gasteiger partial charge >= 0.3 is 0 Å². The molecule has 0 saturated heterocycles. The normalized spacial score (nSPS) is 32.4. The molecule has 0 aromatic heterocycles. The van der Waals surface area contributed by atoms with E-state index in [1.165, 1.54) is 30.4 Å². The fraction of sp³-hybridized carbons (Fsp3) is 0.600. The Bertz CT molecular complexity index is 390. The molecule has 1 saturated carbocycles. The van der Waals surface area contributed by atoms with Crippen molar-refractivity contribution < 1.29 is 5.11 Å². The molecule has 2 aliphatic carbocycles. The lowest BCUT2D eigenvalue weighted by Crippen LogP contribution is -2.45. The van der Waals surface area contributed by atoms with Crippen LogP contribution in [0.1, 0.15) is 36.8 Å². The summed E-state index contributed by atoms with van der Waals surface area (Å²) in [5, 5.41) is 13.5. The molecule has 0 radical (unpaired) electrons. The highest BCUT2D eigenvalue weighted by molar-refractivity contribution is 5.30. The number of aryl methyl sites for hydroxylation is 1. The molecule has 0 bridgehead atoms. The molecule has 1 aromatic rings. The zero-order valence-corrected chi connectivity index (χ0v) is 10.2. The zero-order chi connectivity index (χ0) is 11.7. The molecule has 0 heterocycles. The summed E-state index contributed by atoms with van der Waals surface area (Å²) in [5.74, 6) is 0. The number of fused-ring (bicyclic) bond motifs is 1. The van der Waals surface area contributed by atoms with Crippen molar-refractivity contribution in [2.45, 2.75) is 56.7 Å². The molecule has 0 aliphatic heterocycles. The molecular weight excluding hydrogens is 210 g/mol. The average Bonchev–Trinajstić information content (AvgIpc) is 2.75. The van der Waals surface area contributed by atoms with E-state index in [0.29, 0.717) is 12.1 Å². The van der Waals surface area contributed by atoms with Crippen molar-refractivity contribution in [1.29, 1.82) is 0 Å². The van der Waals surface area contributed by atoms with E-state index in [1.54, 1.807) is 0 Å². The quantitative estimate of drug-likeness (QED) is 0.816. The third kappa shape index (κ3) is 2.38. The van der Waals surface area contributed by atoms with Gasteiger partial charge in [-0.1, -0.05) is 24.3 Å². The second kappa shape index (κ2) is 4.79. The van der Waals surface area contributed by atoms with Crippen molar-refractivity contribution in [2.24, 2.45) is 0 Å². The average molecular weight is 231 g/mol. The van der Waals surface area contributed by atoms with E-state index in [0.717, 1.165) is 19.3 Å². The molecule has 2 nitrogen and oxygen atoms in total. The van der Waals surface area contributed by atoms with Crippen LogP contribution in [0.25, 0.3) is 0 Å². The number of hydrogen-bond acceptors (Lipinski definition) is 2. The molecule has 3 atom stereocenters. The second-order valence-electron chi connectivity index (χ2n) is 5.48. The van der Waals surface area contributed by atoms with Gasteiger partial charge in [0.1, 0.15) is 0 Å². The van der Waals surface area contributed by atoms with E-state index >= 15 is 0 Å². The minimum Gasteiger partial charge on any atom is -0.392 e. The van der Waals surface area contributed by atoms with Crippen molar-refractivity contribution in [3.8, 4) is 0 Å². The zero-order valence-electron chi connectivity index (χ0n) is 10.2. The molecule has 2 N–H and O–H groups in total. The van der Waals surface area contributed by atoms with Crippen molar-refractivity contribution >= 4 is 0 Å².